The van der Waals surface area contributed by atoms with E-state index in [-0.39, 0.29) is 50.4 Å². The topological polar surface area (TPSA) is 315 Å². The molecule has 12 N–H and O–H groups in total. The number of hydrogen-bond donors (Lipinski definition) is 12. The molecule has 0 aromatic rings. The maximum atomic E-state index is 12.6. The van der Waals surface area contributed by atoms with Crippen molar-refractivity contribution in [1.29, 1.82) is 0 Å². The highest BCUT2D eigenvalue weighted by molar-refractivity contribution is 5.81. The predicted molar refractivity (Wildman–Crippen MR) is 181 cm³/mol. The summed E-state index contributed by atoms with van der Waals surface area (Å²) in [6, 6.07) is 0. The summed E-state index contributed by atoms with van der Waals surface area (Å²) < 4.78 is 35.8. The van der Waals surface area contributed by atoms with Crippen molar-refractivity contribution in [2.24, 2.45) is 17.8 Å². The second kappa shape index (κ2) is 18.6. The molecule has 3 aliphatic carbocycles. The summed E-state index contributed by atoms with van der Waals surface area (Å²) in [4.78, 5) is 12.6. The van der Waals surface area contributed by atoms with Gasteiger partial charge in [-0.3, -0.25) is 0 Å². The first-order valence-corrected chi connectivity index (χ1v) is 19.4. The van der Waals surface area contributed by atoms with Gasteiger partial charge in [-0.05, 0) is 63.2 Å². The smallest absolute Gasteiger partial charge is 0.330 e. The summed E-state index contributed by atoms with van der Waals surface area (Å²) in [5.74, 6) is -1.89. The highest BCUT2D eigenvalue weighted by atomic mass is 16.7. The molecule has 22 atom stereocenters. The van der Waals surface area contributed by atoms with E-state index in [1.54, 1.807) is 6.08 Å². The van der Waals surface area contributed by atoms with Crippen molar-refractivity contribution in [2.75, 3.05) is 13.2 Å². The molecule has 0 amide bonds. The number of aliphatic hydroxyl groups excluding tert-OH is 12. The van der Waals surface area contributed by atoms with Crippen LogP contribution in [0, 0.1) is 17.8 Å². The fourth-order valence-corrected chi connectivity index (χ4v) is 8.99. The largest absolute Gasteiger partial charge is 0.460 e. The van der Waals surface area contributed by atoms with E-state index < -0.39 is 141 Å². The number of esters is 1. The van der Waals surface area contributed by atoms with Gasteiger partial charge in [0.1, 0.15) is 55.4 Å². The Morgan fingerprint density at radius 3 is 1.84 bits per heavy atom. The Morgan fingerprint density at radius 2 is 1.20 bits per heavy atom. The number of rotatable bonds is 10. The lowest BCUT2D eigenvalue weighted by Gasteiger charge is -2.52. The third-order valence-electron chi connectivity index (χ3n) is 12.3. The van der Waals surface area contributed by atoms with Gasteiger partial charge < -0.3 is 89.7 Å². The van der Waals surface area contributed by atoms with Crippen molar-refractivity contribution in [1.82, 2.24) is 0 Å². The minimum absolute atomic E-state index is 0.0455. The lowest BCUT2D eigenvalue weighted by Crippen LogP contribution is -2.63. The number of hydrogen-bond acceptors (Lipinski definition) is 19. The lowest BCUT2D eigenvalue weighted by atomic mass is 9.72. The molecule has 0 radical (unpaired) electrons. The maximum absolute atomic E-state index is 12.6. The van der Waals surface area contributed by atoms with Gasteiger partial charge in [-0.15, -0.1) is 0 Å². The second-order valence-electron chi connectivity index (χ2n) is 16.1. The quantitative estimate of drug-likeness (QED) is 0.0732. The first kappa shape index (κ1) is 43.1. The van der Waals surface area contributed by atoms with Crippen molar-refractivity contribution in [3.63, 3.8) is 0 Å². The van der Waals surface area contributed by atoms with Crippen molar-refractivity contribution in [3.8, 4) is 0 Å². The number of carbonyl (C=O) groups excluding carboxylic acids is 1. The number of aliphatic hydroxyl groups is 12. The van der Waals surface area contributed by atoms with Crippen LogP contribution in [0.5, 0.6) is 0 Å². The Kier molecular flexibility index (Phi) is 14.6. The van der Waals surface area contributed by atoms with E-state index in [4.69, 9.17) is 28.4 Å². The highest BCUT2D eigenvalue weighted by Gasteiger charge is 2.54. The van der Waals surface area contributed by atoms with Gasteiger partial charge in [-0.25, -0.2) is 4.79 Å². The molecule has 55 heavy (non-hydrogen) atoms. The Morgan fingerprint density at radius 1 is 0.600 bits per heavy atom. The molecule has 0 bridgehead atoms. The summed E-state index contributed by atoms with van der Waals surface area (Å²) in [6.07, 6.45) is -18.7. The SMILES string of the molecule is O=C(C=CC1CCC(O)C(O)C1)OC[C@H]1O[C@@H](OC2CC3C(CC(O)CC3O[C@@H]3O[C@H](CO)[C@@H](O)[C@H](O)[C@H]3O)OC2C2CCC(O)C(O)C2)[C@H](O)[C@@H](O)[C@@H]1O. The molecule has 3 saturated carbocycles. The molecule has 6 fully saturated rings. The van der Waals surface area contributed by atoms with Gasteiger partial charge >= 0.3 is 5.97 Å². The van der Waals surface area contributed by atoms with Crippen LogP contribution in [0.4, 0.5) is 0 Å². The Bertz CT molecular complexity index is 1270. The summed E-state index contributed by atoms with van der Waals surface area (Å²) in [5, 5.41) is 125. The molecule has 0 aromatic heterocycles. The number of allylic oxidation sites excluding steroid dienone is 1. The fraction of sp³-hybridized carbons (Fsp3) is 0.917. The monoisotopic (exact) mass is 794 g/mol. The van der Waals surface area contributed by atoms with Crippen LogP contribution in [0.3, 0.4) is 0 Å². The molecule has 6 aliphatic rings. The molecule has 3 saturated heterocycles. The van der Waals surface area contributed by atoms with E-state index in [0.717, 1.165) is 0 Å². The number of carbonyl (C=O) groups is 1. The van der Waals surface area contributed by atoms with E-state index in [9.17, 15) is 66.1 Å². The lowest BCUT2D eigenvalue weighted by molar-refractivity contribution is -0.344. The molecule has 19 heteroatoms. The van der Waals surface area contributed by atoms with E-state index in [1.807, 2.05) is 0 Å². The molecule has 19 nitrogen and oxygen atoms in total. The molecule has 0 aromatic carbocycles. The van der Waals surface area contributed by atoms with Crippen LogP contribution in [-0.4, -0.2) is 197 Å². The summed E-state index contributed by atoms with van der Waals surface area (Å²) in [6.45, 7) is -1.21. The molecule has 12 unspecified atom stereocenters. The van der Waals surface area contributed by atoms with E-state index in [1.165, 1.54) is 6.08 Å². The third-order valence-corrected chi connectivity index (χ3v) is 12.3. The van der Waals surface area contributed by atoms with Gasteiger partial charge in [0, 0.05) is 18.4 Å². The van der Waals surface area contributed by atoms with Crippen LogP contribution >= 0.6 is 0 Å². The predicted octanol–water partition coefficient (Wildman–Crippen LogP) is -4.56. The molecular weight excluding hydrogens is 736 g/mol. The van der Waals surface area contributed by atoms with Crippen LogP contribution in [0.2, 0.25) is 0 Å². The van der Waals surface area contributed by atoms with Gasteiger partial charge in [0.25, 0.3) is 0 Å². The van der Waals surface area contributed by atoms with Crippen LogP contribution in [0.1, 0.15) is 57.8 Å². The maximum Gasteiger partial charge on any atom is 0.330 e. The van der Waals surface area contributed by atoms with E-state index in [2.05, 4.69) is 0 Å². The Labute approximate surface area is 317 Å². The molecule has 316 valence electrons. The van der Waals surface area contributed by atoms with Gasteiger partial charge in [-0.2, -0.15) is 0 Å². The van der Waals surface area contributed by atoms with Crippen molar-refractivity contribution >= 4 is 5.97 Å². The average molecular weight is 795 g/mol. The summed E-state index contributed by atoms with van der Waals surface area (Å²) >= 11 is 0. The molecule has 0 spiro atoms. The second-order valence-corrected chi connectivity index (χ2v) is 16.1. The Hall–Kier alpha value is -1.47. The first-order valence-electron chi connectivity index (χ1n) is 19.4. The first-order chi connectivity index (χ1) is 26.1. The van der Waals surface area contributed by atoms with Crippen molar-refractivity contribution in [3.05, 3.63) is 12.2 Å². The standard InChI is InChI=1S/C36H58O19/c37-12-25-28(44)30(46)32(48)35(54-25)52-23-10-16(38)9-22-17(23)11-24(34(51-22)15-3-5-19(40)21(42)8-15)53-36-33(49)31(47)29(45)26(55-36)13-50-27(43)6-2-14-1-4-18(39)20(41)7-14/h2,6,14-26,28-42,44-49H,1,3-5,7-13H2/t14?,15?,16?,17?,18?,19?,20?,21?,22?,23?,24?,25-,26-,28-,29-,30+,31+,32-,33-,34?,35-,36-/m1/s1. The Balaban J connectivity index is 1.16. The molecule has 3 aliphatic heterocycles. The number of ether oxygens (including phenoxy) is 6. The van der Waals surface area contributed by atoms with Crippen molar-refractivity contribution in [2.45, 2.75) is 174 Å². The zero-order chi connectivity index (χ0) is 39.7. The van der Waals surface area contributed by atoms with Gasteiger partial charge in [-0.1, -0.05) is 6.08 Å². The molecular formula is C36H58O19. The van der Waals surface area contributed by atoms with Crippen LogP contribution in [-0.2, 0) is 33.2 Å². The fourth-order valence-electron chi connectivity index (χ4n) is 8.99. The van der Waals surface area contributed by atoms with Crippen LogP contribution < -0.4 is 0 Å². The van der Waals surface area contributed by atoms with Crippen molar-refractivity contribution < 1.29 is 94.5 Å². The van der Waals surface area contributed by atoms with Gasteiger partial charge in [0.05, 0.1) is 61.5 Å². The minimum atomic E-state index is -1.79. The van der Waals surface area contributed by atoms with Gasteiger partial charge in [0.2, 0.25) is 0 Å². The zero-order valence-electron chi connectivity index (χ0n) is 30.4. The minimum Gasteiger partial charge on any atom is -0.460 e. The average Bonchev–Trinajstić information content (AvgIpc) is 3.16. The zero-order valence-corrected chi connectivity index (χ0v) is 30.4. The van der Waals surface area contributed by atoms with E-state index in [0.29, 0.717) is 19.3 Å². The normalized spacial score (nSPS) is 51.1. The van der Waals surface area contributed by atoms with Crippen LogP contribution in [0.15, 0.2) is 12.2 Å². The van der Waals surface area contributed by atoms with Gasteiger partial charge in [0.15, 0.2) is 12.6 Å². The van der Waals surface area contributed by atoms with E-state index >= 15 is 0 Å². The molecule has 6 rings (SSSR count). The number of fused-ring (bicyclic) bond motifs is 1. The summed E-state index contributed by atoms with van der Waals surface area (Å²) in [5.41, 5.74) is 0. The van der Waals surface area contributed by atoms with Crippen LogP contribution in [0.25, 0.3) is 0 Å². The highest BCUT2D eigenvalue weighted by Crippen LogP contribution is 2.45. The third kappa shape index (κ3) is 9.88. The summed E-state index contributed by atoms with van der Waals surface area (Å²) in [7, 11) is 0. The molecule has 3 heterocycles.